The maximum atomic E-state index is 14.5. The van der Waals surface area contributed by atoms with Gasteiger partial charge in [-0.3, -0.25) is 0 Å². The first kappa shape index (κ1) is 19.1. The molecule has 0 aliphatic heterocycles. The van der Waals surface area contributed by atoms with Crippen LogP contribution in [-0.4, -0.2) is 25.6 Å². The first-order valence-electron chi connectivity index (χ1n) is 9.75. The van der Waals surface area contributed by atoms with Crippen LogP contribution in [0, 0.1) is 29.6 Å². The third kappa shape index (κ3) is 4.90. The van der Waals surface area contributed by atoms with Crippen molar-refractivity contribution in [2.45, 2.75) is 90.6 Å². The van der Waals surface area contributed by atoms with Gasteiger partial charge in [-0.25, -0.2) is 8.78 Å². The first-order valence-corrected chi connectivity index (χ1v) is 9.75. The monoisotopic (exact) mass is 330 g/mol. The third-order valence-electron chi connectivity index (χ3n) is 6.91. The highest BCUT2D eigenvalue weighted by Crippen LogP contribution is 2.43. The fourth-order valence-corrected chi connectivity index (χ4v) is 4.84. The highest BCUT2D eigenvalue weighted by atomic mass is 19.2. The number of hydrogen-bond acceptors (Lipinski definition) is 1. The van der Waals surface area contributed by atoms with Gasteiger partial charge >= 0.3 is 0 Å². The van der Waals surface area contributed by atoms with Crippen LogP contribution in [-0.2, 0) is 4.74 Å². The van der Waals surface area contributed by atoms with E-state index in [4.69, 9.17) is 4.74 Å². The second-order valence-electron chi connectivity index (χ2n) is 8.38. The smallest absolute Gasteiger partial charge is 0.157 e. The molecule has 1 nitrogen and oxygen atoms in total. The molecular formula is C20H36F2O. The average Bonchev–Trinajstić information content (AvgIpc) is 2.60. The molecule has 0 spiro atoms. The van der Waals surface area contributed by atoms with Crippen molar-refractivity contribution < 1.29 is 13.5 Å². The van der Waals surface area contributed by atoms with Crippen molar-refractivity contribution in [3.05, 3.63) is 0 Å². The molecule has 0 saturated heterocycles. The van der Waals surface area contributed by atoms with Crippen LogP contribution in [0.4, 0.5) is 8.78 Å². The number of alkyl halides is 2. The lowest BCUT2D eigenvalue weighted by Crippen LogP contribution is -2.38. The SMILES string of the molecule is COC(C)C(F)C(F)C(C)C1CCC(C2CCC(C)CC2)CC1. The van der Waals surface area contributed by atoms with Gasteiger partial charge in [-0.2, -0.15) is 0 Å². The summed E-state index contributed by atoms with van der Waals surface area (Å²) in [6.45, 7) is 5.88. The Morgan fingerprint density at radius 3 is 1.74 bits per heavy atom. The predicted molar refractivity (Wildman–Crippen MR) is 92.0 cm³/mol. The molecule has 2 rings (SSSR count). The Kier molecular flexibility index (Phi) is 7.31. The van der Waals surface area contributed by atoms with Crippen LogP contribution in [0.3, 0.4) is 0 Å². The lowest BCUT2D eigenvalue weighted by atomic mass is 9.67. The van der Waals surface area contributed by atoms with E-state index in [1.165, 1.54) is 45.6 Å². The molecule has 2 fully saturated rings. The molecule has 136 valence electrons. The Hall–Kier alpha value is -0.180. The number of rotatable bonds is 6. The molecule has 0 radical (unpaired) electrons. The summed E-state index contributed by atoms with van der Waals surface area (Å²) in [7, 11) is 1.45. The van der Waals surface area contributed by atoms with Crippen LogP contribution >= 0.6 is 0 Å². The molecule has 4 atom stereocenters. The molecule has 0 amide bonds. The van der Waals surface area contributed by atoms with Gasteiger partial charge in [0.15, 0.2) is 6.17 Å². The normalized spacial score (nSPS) is 37.8. The van der Waals surface area contributed by atoms with Gasteiger partial charge in [-0.15, -0.1) is 0 Å². The number of hydrogen-bond donors (Lipinski definition) is 0. The summed E-state index contributed by atoms with van der Waals surface area (Å²) in [6.07, 6.45) is 6.56. The topological polar surface area (TPSA) is 9.23 Å². The average molecular weight is 331 g/mol. The van der Waals surface area contributed by atoms with Crippen LogP contribution < -0.4 is 0 Å². The fraction of sp³-hybridized carbons (Fsp3) is 1.00. The second-order valence-corrected chi connectivity index (χ2v) is 8.38. The van der Waals surface area contributed by atoms with Gasteiger partial charge in [0.1, 0.15) is 6.17 Å². The molecule has 0 bridgehead atoms. The molecule has 0 aromatic heterocycles. The molecular weight excluding hydrogens is 294 g/mol. The minimum atomic E-state index is -1.51. The number of halogens is 2. The van der Waals surface area contributed by atoms with E-state index in [9.17, 15) is 8.78 Å². The van der Waals surface area contributed by atoms with Gasteiger partial charge in [-0.05, 0) is 75.0 Å². The Morgan fingerprint density at radius 1 is 0.783 bits per heavy atom. The first-order chi connectivity index (χ1) is 10.9. The molecule has 2 aliphatic carbocycles. The lowest BCUT2D eigenvalue weighted by molar-refractivity contribution is -0.0234. The molecule has 2 saturated carbocycles. The van der Waals surface area contributed by atoms with Crippen molar-refractivity contribution in [1.29, 1.82) is 0 Å². The summed E-state index contributed by atoms with van der Waals surface area (Å²) >= 11 is 0. The number of methoxy groups -OCH3 is 1. The summed E-state index contributed by atoms with van der Waals surface area (Å²) in [5.74, 6) is 2.77. The third-order valence-corrected chi connectivity index (χ3v) is 6.91. The fourth-order valence-electron chi connectivity index (χ4n) is 4.84. The van der Waals surface area contributed by atoms with E-state index in [-0.39, 0.29) is 5.92 Å². The van der Waals surface area contributed by atoms with E-state index >= 15 is 0 Å². The van der Waals surface area contributed by atoms with Crippen LogP contribution in [0.1, 0.15) is 72.1 Å². The molecule has 0 N–H and O–H groups in total. The maximum Gasteiger partial charge on any atom is 0.157 e. The summed E-state index contributed by atoms with van der Waals surface area (Å²) in [4.78, 5) is 0. The van der Waals surface area contributed by atoms with Gasteiger partial charge < -0.3 is 4.74 Å². The summed E-state index contributed by atoms with van der Waals surface area (Å²) < 4.78 is 33.5. The second kappa shape index (κ2) is 8.78. The van der Waals surface area contributed by atoms with Gasteiger partial charge in [0.05, 0.1) is 6.10 Å². The molecule has 0 aromatic carbocycles. The Bertz CT molecular complexity index is 333. The number of ether oxygens (including phenoxy) is 1. The zero-order chi connectivity index (χ0) is 17.0. The molecule has 2 aliphatic rings. The largest absolute Gasteiger partial charge is 0.379 e. The highest BCUT2D eigenvalue weighted by Gasteiger charge is 2.38. The van der Waals surface area contributed by atoms with Crippen molar-refractivity contribution in [2.24, 2.45) is 29.6 Å². The molecule has 23 heavy (non-hydrogen) atoms. The van der Waals surface area contributed by atoms with E-state index in [2.05, 4.69) is 6.92 Å². The van der Waals surface area contributed by atoms with Crippen molar-refractivity contribution in [2.75, 3.05) is 7.11 Å². The zero-order valence-electron chi connectivity index (χ0n) is 15.4. The van der Waals surface area contributed by atoms with Crippen molar-refractivity contribution in [3.8, 4) is 0 Å². The van der Waals surface area contributed by atoms with E-state index in [0.29, 0.717) is 5.92 Å². The zero-order valence-corrected chi connectivity index (χ0v) is 15.4. The molecule has 4 unspecified atom stereocenters. The van der Waals surface area contributed by atoms with Crippen LogP contribution in [0.2, 0.25) is 0 Å². The lowest BCUT2D eigenvalue weighted by Gasteiger charge is -2.39. The van der Waals surface area contributed by atoms with Crippen molar-refractivity contribution in [1.82, 2.24) is 0 Å². The maximum absolute atomic E-state index is 14.5. The van der Waals surface area contributed by atoms with Crippen LogP contribution in [0.25, 0.3) is 0 Å². The van der Waals surface area contributed by atoms with E-state index in [1.54, 1.807) is 6.92 Å². The van der Waals surface area contributed by atoms with Gasteiger partial charge in [0.25, 0.3) is 0 Å². The van der Waals surface area contributed by atoms with E-state index < -0.39 is 18.4 Å². The van der Waals surface area contributed by atoms with Crippen molar-refractivity contribution in [3.63, 3.8) is 0 Å². The Morgan fingerprint density at radius 2 is 1.26 bits per heavy atom. The Balaban J connectivity index is 1.79. The quantitative estimate of drug-likeness (QED) is 0.583. The van der Waals surface area contributed by atoms with Crippen LogP contribution in [0.15, 0.2) is 0 Å². The molecule has 0 aromatic rings. The van der Waals surface area contributed by atoms with Gasteiger partial charge in [-0.1, -0.05) is 26.7 Å². The van der Waals surface area contributed by atoms with E-state index in [0.717, 1.165) is 30.6 Å². The summed E-state index contributed by atoms with van der Waals surface area (Å²) in [6, 6.07) is 0. The predicted octanol–water partition coefficient (Wildman–Crippen LogP) is 5.97. The highest BCUT2D eigenvalue weighted by molar-refractivity contribution is 4.87. The minimum Gasteiger partial charge on any atom is -0.379 e. The summed E-state index contributed by atoms with van der Waals surface area (Å²) in [5.41, 5.74) is 0. The van der Waals surface area contributed by atoms with Crippen LogP contribution in [0.5, 0.6) is 0 Å². The summed E-state index contributed by atoms with van der Waals surface area (Å²) in [5, 5.41) is 0. The van der Waals surface area contributed by atoms with Gasteiger partial charge in [0, 0.05) is 7.11 Å². The Labute approximate surface area is 141 Å². The minimum absolute atomic E-state index is 0.199. The van der Waals surface area contributed by atoms with Gasteiger partial charge in [0.2, 0.25) is 0 Å². The van der Waals surface area contributed by atoms with Crippen molar-refractivity contribution >= 4 is 0 Å². The molecule has 3 heteroatoms. The standard InChI is InChI=1S/C20H36F2O/c1-13-5-7-17(8-6-13)18-11-9-16(10-12-18)14(2)19(21)20(22)15(3)23-4/h13-20H,5-12H2,1-4H3. The molecule has 0 heterocycles. The van der Waals surface area contributed by atoms with E-state index in [1.807, 2.05) is 6.92 Å².